The summed E-state index contributed by atoms with van der Waals surface area (Å²) in [6, 6.07) is 0. The van der Waals surface area contributed by atoms with Gasteiger partial charge in [0.25, 0.3) is 0 Å². The summed E-state index contributed by atoms with van der Waals surface area (Å²) in [5, 5.41) is 3.66. The second-order valence-corrected chi connectivity index (χ2v) is 26.4. The van der Waals surface area contributed by atoms with Crippen LogP contribution in [0.1, 0.15) is 68.2 Å². The molecule has 0 aromatic carbocycles. The van der Waals surface area contributed by atoms with E-state index < -0.39 is 52.4 Å². The van der Waals surface area contributed by atoms with E-state index in [1.807, 2.05) is 13.0 Å². The van der Waals surface area contributed by atoms with Gasteiger partial charge in [-0.2, -0.15) is 0 Å². The molecule has 0 spiro atoms. The molecule has 0 N–H and O–H groups in total. The van der Waals surface area contributed by atoms with Gasteiger partial charge in [0.2, 0.25) is 0 Å². The fraction of sp³-hybridized carbons (Fsp3) is 0.714. The molecule has 1 fully saturated rings. The van der Waals surface area contributed by atoms with E-state index in [0.717, 1.165) is 13.2 Å². The molecule has 0 atom stereocenters. The van der Waals surface area contributed by atoms with Gasteiger partial charge in [0.1, 0.15) is 0 Å². The Morgan fingerprint density at radius 1 is 0.625 bits per heavy atom. The van der Waals surface area contributed by atoms with Crippen molar-refractivity contribution in [3.8, 4) is 0 Å². The molecule has 0 saturated carbocycles. The van der Waals surface area contributed by atoms with Crippen molar-refractivity contribution in [1.29, 1.82) is 0 Å². The van der Waals surface area contributed by atoms with Crippen molar-refractivity contribution >= 4 is 16.1 Å². The zero-order chi connectivity index (χ0) is 24.9. The number of hydrogen-bond donors (Lipinski definition) is 0. The summed E-state index contributed by atoms with van der Waals surface area (Å²) in [4.78, 5) is 0. The van der Waals surface area contributed by atoms with E-state index in [0.29, 0.717) is 0 Å². The molecular weight excluding hydrogens is 559 g/mol. The van der Waals surface area contributed by atoms with Crippen LogP contribution in [0, 0.1) is 47.1 Å². The Morgan fingerprint density at radius 3 is 1.16 bits per heavy atom. The van der Waals surface area contributed by atoms with Gasteiger partial charge < -0.3 is 4.74 Å². The molecule has 32 heavy (non-hydrogen) atoms. The molecule has 3 rings (SSSR count). The summed E-state index contributed by atoms with van der Waals surface area (Å²) in [6.07, 6.45) is 2.56. The van der Waals surface area contributed by atoms with E-state index in [9.17, 15) is 0 Å². The molecule has 0 aromatic heterocycles. The van der Waals surface area contributed by atoms with Crippen molar-refractivity contribution < 1.29 is 41.0 Å². The molecule has 1 nitrogen and oxygen atoms in total. The van der Waals surface area contributed by atoms with Crippen LogP contribution in [0.4, 0.5) is 0 Å². The third-order valence-electron chi connectivity index (χ3n) is 7.87. The summed E-state index contributed by atoms with van der Waals surface area (Å²) in [6.45, 7) is 37.0. The van der Waals surface area contributed by atoms with E-state index in [1.54, 1.807) is 22.3 Å². The first-order valence-corrected chi connectivity index (χ1v) is 22.1. The van der Waals surface area contributed by atoms with Crippen molar-refractivity contribution in [2.45, 2.75) is 108 Å². The van der Waals surface area contributed by atoms with Gasteiger partial charge in [0.05, 0.1) is 0 Å². The van der Waals surface area contributed by atoms with E-state index in [1.165, 1.54) is 12.8 Å². The Morgan fingerprint density at radius 2 is 0.938 bits per heavy atom. The van der Waals surface area contributed by atoms with Crippen LogP contribution < -0.4 is 0 Å². The monoisotopic (exact) mass is 610 g/mol. The van der Waals surface area contributed by atoms with Gasteiger partial charge in [-0.15, -0.1) is 0 Å². The van der Waals surface area contributed by atoms with Crippen molar-refractivity contribution in [2.75, 3.05) is 13.2 Å². The van der Waals surface area contributed by atoms with Gasteiger partial charge in [-0.25, -0.2) is 0 Å². The predicted octanol–water partition coefficient (Wildman–Crippen LogP) is 8.88. The SMILES string of the molecule is C1CCOC1.CC1=C(C)C(C)(C)[C]([Sm][C]2=C([Si](C)(C)C)C(C)=C(C)C2(C)C)=C1[Si](C)(C)C. The van der Waals surface area contributed by atoms with Gasteiger partial charge in [-0.05, 0) is 12.8 Å². The van der Waals surface area contributed by atoms with Crippen LogP contribution in [0.2, 0.25) is 39.3 Å². The second-order valence-electron chi connectivity index (χ2n) is 13.1. The number of rotatable bonds is 4. The Kier molecular flexibility index (Phi) is 9.02. The maximum atomic E-state index is 4.94. The Labute approximate surface area is 222 Å². The first-order chi connectivity index (χ1) is 14.4. The van der Waals surface area contributed by atoms with Crippen molar-refractivity contribution in [2.24, 2.45) is 10.8 Å². The third-order valence-corrected chi connectivity index (χ3v) is 19.3. The molecule has 2 aliphatic carbocycles. The average molecular weight is 609 g/mol. The quantitative estimate of drug-likeness (QED) is 0.290. The van der Waals surface area contributed by atoms with Gasteiger partial charge in [0.15, 0.2) is 0 Å². The molecule has 182 valence electrons. The van der Waals surface area contributed by atoms with Crippen LogP contribution in [-0.2, 0) is 4.74 Å². The standard InChI is InChI=1S/2C12H21Si.C4H8O.Sm/c2*1-9-10(2)12(3,4)8-11(9)13(5,6)7;1-2-4-5-3-1;/h2*1-7H3;1-4H2;. The Bertz CT molecular complexity index is 804. The summed E-state index contributed by atoms with van der Waals surface area (Å²) >= 11 is -0.810. The van der Waals surface area contributed by atoms with Gasteiger partial charge in [-0.1, -0.05) is 0 Å². The van der Waals surface area contributed by atoms with Crippen molar-refractivity contribution in [3.63, 3.8) is 0 Å². The summed E-state index contributed by atoms with van der Waals surface area (Å²) in [7, 11) is -2.73. The van der Waals surface area contributed by atoms with Crippen LogP contribution in [0.15, 0.2) is 35.3 Å². The zero-order valence-electron chi connectivity index (χ0n) is 23.6. The normalized spacial score (nSPS) is 23.4. The molecular formula is C28H50OSi2Sm. The van der Waals surface area contributed by atoms with E-state index >= 15 is 0 Å². The fourth-order valence-corrected chi connectivity index (χ4v) is 21.6. The summed E-state index contributed by atoms with van der Waals surface area (Å²) in [5.74, 6) is 0. The van der Waals surface area contributed by atoms with Crippen molar-refractivity contribution in [3.05, 3.63) is 35.3 Å². The van der Waals surface area contributed by atoms with E-state index in [4.69, 9.17) is 4.74 Å². The predicted molar refractivity (Wildman–Crippen MR) is 145 cm³/mol. The third kappa shape index (κ3) is 5.57. The van der Waals surface area contributed by atoms with E-state index in [-0.39, 0.29) is 10.8 Å². The molecule has 4 heteroatoms. The average Bonchev–Trinajstić information content (AvgIpc) is 3.29. The number of ether oxygens (including phenoxy) is 1. The molecule has 0 unspecified atom stereocenters. The molecule has 0 bridgehead atoms. The minimum atomic E-state index is -1.36. The van der Waals surface area contributed by atoms with Gasteiger partial charge in [0, 0.05) is 13.2 Å². The first kappa shape index (κ1) is 28.9. The van der Waals surface area contributed by atoms with Crippen LogP contribution in [0.5, 0.6) is 0 Å². The molecule has 1 aliphatic heterocycles. The van der Waals surface area contributed by atoms with Gasteiger partial charge >= 0.3 is 193 Å². The summed E-state index contributed by atoms with van der Waals surface area (Å²) in [5.41, 5.74) is 7.10. The molecule has 0 radical (unpaired) electrons. The van der Waals surface area contributed by atoms with Crippen LogP contribution in [-0.4, -0.2) is 29.4 Å². The van der Waals surface area contributed by atoms with Crippen LogP contribution in [0.25, 0.3) is 0 Å². The molecule has 0 amide bonds. The molecule has 3 aliphatic rings. The van der Waals surface area contributed by atoms with Crippen molar-refractivity contribution in [1.82, 2.24) is 0 Å². The number of allylic oxidation sites excluding steroid dienone is 8. The fourth-order valence-electron chi connectivity index (χ4n) is 5.39. The first-order valence-electron chi connectivity index (χ1n) is 12.5. The maximum absolute atomic E-state index is 4.94. The van der Waals surface area contributed by atoms with Gasteiger partial charge in [-0.3, -0.25) is 0 Å². The Hall–Kier alpha value is 0.691. The van der Waals surface area contributed by atoms with Crippen LogP contribution in [0.3, 0.4) is 0 Å². The topological polar surface area (TPSA) is 9.23 Å². The Balaban J connectivity index is 0.000000636. The molecule has 1 saturated heterocycles. The molecule has 1 heterocycles. The van der Waals surface area contributed by atoms with Crippen LogP contribution >= 0.6 is 0 Å². The zero-order valence-corrected chi connectivity index (χ0v) is 28.3. The number of hydrogen-bond acceptors (Lipinski definition) is 1. The second kappa shape index (κ2) is 9.98. The molecule has 0 aromatic rings. The minimum absolute atomic E-state index is 0.266. The summed E-state index contributed by atoms with van der Waals surface area (Å²) < 4.78 is 8.75. The van der Waals surface area contributed by atoms with E-state index in [2.05, 4.69) is 94.7 Å².